The number of nitrogens with zero attached hydrogens (tertiary/aromatic N) is 1. The number of rotatable bonds is 5. The minimum atomic E-state index is -0.871. The summed E-state index contributed by atoms with van der Waals surface area (Å²) in [7, 11) is 1.75. The number of likely N-dealkylation sites (N-methyl/N-ethyl adjacent to an activating group) is 1. The molecule has 1 aromatic carbocycles. The van der Waals surface area contributed by atoms with Gasteiger partial charge in [0.2, 0.25) is 5.91 Å². The lowest BCUT2D eigenvalue weighted by molar-refractivity contribution is -0.141. The molecule has 1 fully saturated rings. The molecule has 1 N–H and O–H groups in total. The number of hydrogen-bond donors (Lipinski definition) is 1. The third-order valence-corrected chi connectivity index (χ3v) is 4.31. The van der Waals surface area contributed by atoms with Crippen molar-refractivity contribution in [2.75, 3.05) is 13.6 Å². The van der Waals surface area contributed by atoms with E-state index in [1.807, 2.05) is 44.2 Å². The zero-order valence-electron chi connectivity index (χ0n) is 12.2. The molecule has 0 spiro atoms. The van der Waals surface area contributed by atoms with Gasteiger partial charge in [-0.3, -0.25) is 9.59 Å². The first-order chi connectivity index (χ1) is 9.35. The molecule has 0 aliphatic heterocycles. The smallest absolute Gasteiger partial charge is 0.307 e. The minimum absolute atomic E-state index is 0.0571. The summed E-state index contributed by atoms with van der Waals surface area (Å²) in [4.78, 5) is 25.1. The Hall–Kier alpha value is -1.84. The Morgan fingerprint density at radius 3 is 2.30 bits per heavy atom. The number of amides is 1. The van der Waals surface area contributed by atoms with Crippen LogP contribution < -0.4 is 0 Å². The zero-order valence-corrected chi connectivity index (χ0v) is 12.2. The monoisotopic (exact) mass is 275 g/mol. The standard InChI is InChI=1S/C16H21NO3/c1-16(2)12(13(16)15(19)20)14(18)17(3)10-9-11-7-5-4-6-8-11/h4-8,12-13H,9-10H2,1-3H3,(H,19,20)/t12-,13+/m1/s1. The first kappa shape index (κ1) is 14.6. The highest BCUT2D eigenvalue weighted by molar-refractivity contribution is 5.91. The average molecular weight is 275 g/mol. The molecule has 4 heteroatoms. The zero-order chi connectivity index (χ0) is 14.9. The van der Waals surface area contributed by atoms with E-state index >= 15 is 0 Å². The van der Waals surface area contributed by atoms with Crippen LogP contribution in [0.3, 0.4) is 0 Å². The second kappa shape index (κ2) is 5.27. The van der Waals surface area contributed by atoms with Gasteiger partial charge in [0.1, 0.15) is 0 Å². The van der Waals surface area contributed by atoms with Gasteiger partial charge in [-0.1, -0.05) is 44.2 Å². The van der Waals surface area contributed by atoms with Crippen molar-refractivity contribution in [3.05, 3.63) is 35.9 Å². The molecular weight excluding hydrogens is 254 g/mol. The third-order valence-electron chi connectivity index (χ3n) is 4.31. The maximum atomic E-state index is 12.3. The van der Waals surface area contributed by atoms with Crippen LogP contribution in [-0.2, 0) is 16.0 Å². The van der Waals surface area contributed by atoms with Crippen LogP contribution >= 0.6 is 0 Å². The molecule has 20 heavy (non-hydrogen) atoms. The molecule has 1 aromatic rings. The fourth-order valence-electron chi connectivity index (χ4n) is 2.85. The van der Waals surface area contributed by atoms with Crippen molar-refractivity contribution in [1.29, 1.82) is 0 Å². The van der Waals surface area contributed by atoms with E-state index < -0.39 is 17.3 Å². The predicted molar refractivity (Wildman–Crippen MR) is 76.2 cm³/mol. The molecule has 2 rings (SSSR count). The summed E-state index contributed by atoms with van der Waals surface area (Å²) in [5.74, 6) is -1.86. The van der Waals surface area contributed by atoms with E-state index in [-0.39, 0.29) is 11.8 Å². The maximum absolute atomic E-state index is 12.3. The summed E-state index contributed by atoms with van der Waals surface area (Å²) < 4.78 is 0. The third kappa shape index (κ3) is 2.69. The summed E-state index contributed by atoms with van der Waals surface area (Å²) >= 11 is 0. The molecular formula is C16H21NO3. The molecule has 108 valence electrons. The van der Waals surface area contributed by atoms with Crippen molar-refractivity contribution in [3.8, 4) is 0 Å². The van der Waals surface area contributed by atoms with Crippen LogP contribution in [0.1, 0.15) is 19.4 Å². The number of carbonyl (C=O) groups excluding carboxylic acids is 1. The summed E-state index contributed by atoms with van der Waals surface area (Å²) in [6.07, 6.45) is 0.786. The Labute approximate surface area is 119 Å². The molecule has 0 bridgehead atoms. The van der Waals surface area contributed by atoms with Crippen molar-refractivity contribution < 1.29 is 14.7 Å². The van der Waals surface area contributed by atoms with Crippen LogP contribution in [0.25, 0.3) is 0 Å². The van der Waals surface area contributed by atoms with Crippen molar-refractivity contribution in [2.45, 2.75) is 20.3 Å². The topological polar surface area (TPSA) is 57.6 Å². The first-order valence-electron chi connectivity index (χ1n) is 6.87. The predicted octanol–water partition coefficient (Wildman–Crippen LogP) is 2.04. The van der Waals surface area contributed by atoms with Crippen LogP contribution in [-0.4, -0.2) is 35.5 Å². The van der Waals surface area contributed by atoms with Gasteiger partial charge in [-0.05, 0) is 17.4 Å². The van der Waals surface area contributed by atoms with Crippen molar-refractivity contribution in [2.24, 2.45) is 17.3 Å². The van der Waals surface area contributed by atoms with E-state index in [1.54, 1.807) is 11.9 Å². The molecule has 2 atom stereocenters. The van der Waals surface area contributed by atoms with Crippen LogP contribution in [0, 0.1) is 17.3 Å². The van der Waals surface area contributed by atoms with Crippen LogP contribution in [0.4, 0.5) is 0 Å². The highest BCUT2D eigenvalue weighted by Crippen LogP contribution is 2.58. The van der Waals surface area contributed by atoms with Crippen LogP contribution in [0.5, 0.6) is 0 Å². The number of carbonyl (C=O) groups is 2. The Bertz CT molecular complexity index is 510. The number of benzene rings is 1. The van der Waals surface area contributed by atoms with Gasteiger partial charge in [0.05, 0.1) is 11.8 Å². The van der Waals surface area contributed by atoms with Gasteiger partial charge in [0.25, 0.3) is 0 Å². The van der Waals surface area contributed by atoms with Crippen LogP contribution in [0.15, 0.2) is 30.3 Å². The fourth-order valence-corrected chi connectivity index (χ4v) is 2.85. The normalized spacial score (nSPS) is 23.1. The van der Waals surface area contributed by atoms with Gasteiger partial charge in [-0.2, -0.15) is 0 Å². The summed E-state index contributed by atoms with van der Waals surface area (Å²) in [6, 6.07) is 9.96. The van der Waals surface area contributed by atoms with E-state index in [0.717, 1.165) is 6.42 Å². The Kier molecular flexibility index (Phi) is 3.84. The van der Waals surface area contributed by atoms with E-state index in [2.05, 4.69) is 0 Å². The molecule has 1 aliphatic rings. The van der Waals surface area contributed by atoms with Crippen LogP contribution in [0.2, 0.25) is 0 Å². The highest BCUT2D eigenvalue weighted by Gasteiger charge is 2.66. The van der Waals surface area contributed by atoms with Gasteiger partial charge in [0, 0.05) is 13.6 Å². The maximum Gasteiger partial charge on any atom is 0.307 e. The van der Waals surface area contributed by atoms with E-state index in [4.69, 9.17) is 5.11 Å². The number of carboxylic acids is 1. The molecule has 0 heterocycles. The minimum Gasteiger partial charge on any atom is -0.481 e. The van der Waals surface area contributed by atoms with Gasteiger partial charge < -0.3 is 10.0 Å². The molecule has 0 radical (unpaired) electrons. The number of aliphatic carboxylic acids is 1. The largest absolute Gasteiger partial charge is 0.481 e. The first-order valence-corrected chi connectivity index (χ1v) is 6.87. The van der Waals surface area contributed by atoms with E-state index in [1.165, 1.54) is 5.56 Å². The molecule has 0 saturated heterocycles. The molecule has 1 aliphatic carbocycles. The fraction of sp³-hybridized carbons (Fsp3) is 0.500. The molecule has 4 nitrogen and oxygen atoms in total. The molecule has 0 aromatic heterocycles. The lowest BCUT2D eigenvalue weighted by Gasteiger charge is -2.18. The quantitative estimate of drug-likeness (QED) is 0.894. The van der Waals surface area contributed by atoms with E-state index in [9.17, 15) is 9.59 Å². The SMILES string of the molecule is CN(CCc1ccccc1)C(=O)[C@H]1[C@@H](C(=O)O)C1(C)C. The number of hydrogen-bond acceptors (Lipinski definition) is 2. The second-order valence-corrected chi connectivity index (χ2v) is 6.11. The molecule has 0 unspecified atom stereocenters. The van der Waals surface area contributed by atoms with Gasteiger partial charge in [-0.25, -0.2) is 0 Å². The van der Waals surface area contributed by atoms with Crippen molar-refractivity contribution in [3.63, 3.8) is 0 Å². The second-order valence-electron chi connectivity index (χ2n) is 6.11. The molecule has 1 saturated carbocycles. The Morgan fingerprint density at radius 1 is 1.20 bits per heavy atom. The summed E-state index contributed by atoms with van der Waals surface area (Å²) in [5.41, 5.74) is 0.751. The lowest BCUT2D eigenvalue weighted by Crippen LogP contribution is -2.31. The Morgan fingerprint density at radius 2 is 1.80 bits per heavy atom. The van der Waals surface area contributed by atoms with Crippen molar-refractivity contribution in [1.82, 2.24) is 4.90 Å². The van der Waals surface area contributed by atoms with Gasteiger partial charge in [0.15, 0.2) is 0 Å². The lowest BCUT2D eigenvalue weighted by atomic mass is 10.1. The van der Waals surface area contributed by atoms with Gasteiger partial charge in [-0.15, -0.1) is 0 Å². The average Bonchev–Trinajstić information content (AvgIpc) is 2.99. The summed E-state index contributed by atoms with van der Waals surface area (Å²) in [5, 5.41) is 9.13. The van der Waals surface area contributed by atoms with Crippen molar-refractivity contribution >= 4 is 11.9 Å². The van der Waals surface area contributed by atoms with Gasteiger partial charge >= 0.3 is 5.97 Å². The molecule has 1 amide bonds. The highest BCUT2D eigenvalue weighted by atomic mass is 16.4. The number of carboxylic acid groups (broad SMARTS) is 1. The summed E-state index contributed by atoms with van der Waals surface area (Å²) in [6.45, 7) is 4.31. The Balaban J connectivity index is 1.92. The van der Waals surface area contributed by atoms with E-state index in [0.29, 0.717) is 6.54 Å².